The lowest BCUT2D eigenvalue weighted by molar-refractivity contribution is 0.0690. The summed E-state index contributed by atoms with van der Waals surface area (Å²) in [7, 11) is 3.02. The Morgan fingerprint density at radius 3 is 2.48 bits per heavy atom. The monoisotopic (exact) mass is 294 g/mol. The molecule has 0 aliphatic heterocycles. The zero-order valence-corrected chi connectivity index (χ0v) is 13.1. The highest BCUT2D eigenvalue weighted by molar-refractivity contribution is 5.91. The summed E-state index contributed by atoms with van der Waals surface area (Å²) in [4.78, 5) is 11.4. The predicted molar refractivity (Wildman–Crippen MR) is 80.3 cm³/mol. The smallest absolute Gasteiger partial charge is 0.336 e. The van der Waals surface area contributed by atoms with Crippen molar-refractivity contribution in [3.05, 3.63) is 34.4 Å². The van der Waals surface area contributed by atoms with Gasteiger partial charge in [-0.1, -0.05) is 5.57 Å². The molecule has 5 heteroatoms. The van der Waals surface area contributed by atoms with Gasteiger partial charge in [0.25, 0.3) is 0 Å². The Labute approximate surface area is 125 Å². The van der Waals surface area contributed by atoms with E-state index < -0.39 is 5.97 Å². The second kappa shape index (κ2) is 7.69. The van der Waals surface area contributed by atoms with E-state index in [0.29, 0.717) is 23.7 Å². The Morgan fingerprint density at radius 1 is 1.33 bits per heavy atom. The van der Waals surface area contributed by atoms with Crippen LogP contribution in [0.25, 0.3) is 0 Å². The molecule has 0 saturated carbocycles. The number of hydrogen-bond acceptors (Lipinski definition) is 4. The number of carboxylic acids is 1. The van der Waals surface area contributed by atoms with Crippen molar-refractivity contribution < 1.29 is 24.1 Å². The van der Waals surface area contributed by atoms with E-state index >= 15 is 0 Å². The highest BCUT2D eigenvalue weighted by Gasteiger charge is 2.21. The molecular weight excluding hydrogens is 272 g/mol. The fraction of sp³-hybridized carbons (Fsp3) is 0.438. The number of hydrogen-bond donors (Lipinski definition) is 1. The van der Waals surface area contributed by atoms with Gasteiger partial charge in [0.15, 0.2) is 0 Å². The first kappa shape index (κ1) is 17.0. The maximum absolute atomic E-state index is 11.4. The van der Waals surface area contributed by atoms with E-state index in [2.05, 4.69) is 0 Å². The molecule has 0 fully saturated rings. The Morgan fingerprint density at radius 2 is 2.00 bits per heavy atom. The third kappa shape index (κ3) is 4.23. The number of benzene rings is 1. The van der Waals surface area contributed by atoms with Crippen molar-refractivity contribution in [3.63, 3.8) is 0 Å². The lowest BCUT2D eigenvalue weighted by Crippen LogP contribution is -2.09. The van der Waals surface area contributed by atoms with E-state index in [0.717, 1.165) is 11.1 Å². The second-order valence-corrected chi connectivity index (χ2v) is 4.89. The number of carbonyl (C=O) groups is 1. The second-order valence-electron chi connectivity index (χ2n) is 4.89. The van der Waals surface area contributed by atoms with Gasteiger partial charge in [0.05, 0.1) is 19.3 Å². The maximum atomic E-state index is 11.4. The highest BCUT2D eigenvalue weighted by atomic mass is 16.5. The van der Waals surface area contributed by atoms with Gasteiger partial charge in [-0.15, -0.1) is 0 Å². The number of methoxy groups -OCH3 is 2. The van der Waals surface area contributed by atoms with Crippen molar-refractivity contribution in [2.45, 2.75) is 27.4 Å². The molecule has 0 atom stereocenters. The van der Waals surface area contributed by atoms with Crippen LogP contribution >= 0.6 is 0 Å². The van der Waals surface area contributed by atoms with Gasteiger partial charge in [-0.2, -0.15) is 0 Å². The predicted octanol–water partition coefficient (Wildman–Crippen LogP) is 3.19. The normalized spacial score (nSPS) is 10.1. The average Bonchev–Trinajstić information content (AvgIpc) is 2.41. The minimum Gasteiger partial charge on any atom is -0.496 e. The first-order chi connectivity index (χ1) is 9.92. The molecule has 0 aromatic heterocycles. The molecule has 1 rings (SSSR count). The molecular formula is C16H22O5. The summed E-state index contributed by atoms with van der Waals surface area (Å²) in [6.45, 7) is 6.33. The highest BCUT2D eigenvalue weighted by Crippen LogP contribution is 2.35. The standard InChI is InChI=1S/C16H22O5/c1-10(2)6-7-21-14-8-12(16(17)18)13(9-19-4)15(20-5)11(14)3/h6,8H,7,9H2,1-5H3,(H,17,18). The van der Waals surface area contributed by atoms with Crippen LogP contribution in [0, 0.1) is 6.92 Å². The number of carboxylic acid groups (broad SMARTS) is 1. The third-order valence-electron chi connectivity index (χ3n) is 3.04. The van der Waals surface area contributed by atoms with Crippen LogP contribution in [0.5, 0.6) is 11.5 Å². The van der Waals surface area contributed by atoms with Crippen molar-refractivity contribution in [1.29, 1.82) is 0 Å². The molecule has 0 heterocycles. The zero-order chi connectivity index (χ0) is 16.0. The molecule has 0 amide bonds. The summed E-state index contributed by atoms with van der Waals surface area (Å²) < 4.78 is 16.1. The summed E-state index contributed by atoms with van der Waals surface area (Å²) in [5, 5.41) is 9.36. The van der Waals surface area contributed by atoms with Crippen LogP contribution in [0.3, 0.4) is 0 Å². The van der Waals surface area contributed by atoms with Crippen LogP contribution in [0.2, 0.25) is 0 Å². The Balaban J connectivity index is 3.30. The van der Waals surface area contributed by atoms with Crippen molar-refractivity contribution in [2.75, 3.05) is 20.8 Å². The fourth-order valence-electron chi connectivity index (χ4n) is 1.99. The molecule has 0 unspecified atom stereocenters. The molecule has 0 radical (unpaired) electrons. The van der Waals surface area contributed by atoms with Crippen LogP contribution in [0.1, 0.15) is 35.3 Å². The van der Waals surface area contributed by atoms with Crippen molar-refractivity contribution in [2.24, 2.45) is 0 Å². The van der Waals surface area contributed by atoms with Gasteiger partial charge < -0.3 is 19.3 Å². The minimum absolute atomic E-state index is 0.131. The zero-order valence-electron chi connectivity index (χ0n) is 13.1. The van der Waals surface area contributed by atoms with Gasteiger partial charge in [0, 0.05) is 18.2 Å². The SMILES string of the molecule is COCc1c(C(=O)O)cc(OCC=C(C)C)c(C)c1OC. The summed E-state index contributed by atoms with van der Waals surface area (Å²) in [6, 6.07) is 1.52. The molecule has 1 aromatic rings. The van der Waals surface area contributed by atoms with E-state index in [9.17, 15) is 9.90 Å². The van der Waals surface area contributed by atoms with Crippen LogP contribution < -0.4 is 9.47 Å². The van der Waals surface area contributed by atoms with Gasteiger partial charge in [0.2, 0.25) is 0 Å². The molecule has 5 nitrogen and oxygen atoms in total. The van der Waals surface area contributed by atoms with Gasteiger partial charge in [0.1, 0.15) is 18.1 Å². The maximum Gasteiger partial charge on any atom is 0.336 e. The third-order valence-corrected chi connectivity index (χ3v) is 3.04. The molecule has 21 heavy (non-hydrogen) atoms. The molecule has 116 valence electrons. The van der Waals surface area contributed by atoms with Gasteiger partial charge >= 0.3 is 5.97 Å². The Bertz CT molecular complexity index is 542. The van der Waals surface area contributed by atoms with Crippen LogP contribution in [-0.2, 0) is 11.3 Å². The summed E-state index contributed by atoms with van der Waals surface area (Å²) >= 11 is 0. The summed E-state index contributed by atoms with van der Waals surface area (Å²) in [5.74, 6) is -0.0435. The van der Waals surface area contributed by atoms with Gasteiger partial charge in [-0.25, -0.2) is 4.79 Å². The largest absolute Gasteiger partial charge is 0.496 e. The quantitative estimate of drug-likeness (QED) is 0.782. The van der Waals surface area contributed by atoms with E-state index in [-0.39, 0.29) is 12.2 Å². The number of aromatic carboxylic acids is 1. The van der Waals surface area contributed by atoms with Crippen LogP contribution in [0.15, 0.2) is 17.7 Å². The lowest BCUT2D eigenvalue weighted by atomic mass is 10.0. The molecule has 0 aliphatic rings. The number of ether oxygens (including phenoxy) is 3. The Kier molecular flexibility index (Phi) is 6.24. The van der Waals surface area contributed by atoms with Gasteiger partial charge in [-0.05, 0) is 32.9 Å². The molecule has 0 bridgehead atoms. The van der Waals surface area contributed by atoms with Crippen LogP contribution in [0.4, 0.5) is 0 Å². The molecule has 1 N–H and O–H groups in total. The lowest BCUT2D eigenvalue weighted by Gasteiger charge is -2.17. The fourth-order valence-corrected chi connectivity index (χ4v) is 1.99. The van der Waals surface area contributed by atoms with Gasteiger partial charge in [-0.3, -0.25) is 0 Å². The minimum atomic E-state index is -1.03. The summed E-state index contributed by atoms with van der Waals surface area (Å²) in [6.07, 6.45) is 1.93. The van der Waals surface area contributed by atoms with E-state index in [1.165, 1.54) is 20.3 Å². The van der Waals surface area contributed by atoms with Crippen molar-refractivity contribution in [1.82, 2.24) is 0 Å². The topological polar surface area (TPSA) is 65.0 Å². The Hall–Kier alpha value is -2.01. The first-order valence-electron chi connectivity index (χ1n) is 6.61. The molecule has 1 aromatic carbocycles. The van der Waals surface area contributed by atoms with E-state index in [1.54, 1.807) is 0 Å². The first-order valence-corrected chi connectivity index (χ1v) is 6.61. The van der Waals surface area contributed by atoms with E-state index in [1.807, 2.05) is 26.8 Å². The van der Waals surface area contributed by atoms with Crippen LogP contribution in [-0.4, -0.2) is 31.9 Å². The molecule has 0 spiro atoms. The van der Waals surface area contributed by atoms with Crippen molar-refractivity contribution in [3.8, 4) is 11.5 Å². The molecule has 0 aliphatic carbocycles. The van der Waals surface area contributed by atoms with Crippen molar-refractivity contribution >= 4 is 5.97 Å². The average molecular weight is 294 g/mol. The molecule has 0 saturated heterocycles. The number of allylic oxidation sites excluding steroid dienone is 1. The summed E-state index contributed by atoms with van der Waals surface area (Å²) in [5.41, 5.74) is 2.54. The number of rotatable bonds is 7. The van der Waals surface area contributed by atoms with E-state index in [4.69, 9.17) is 14.2 Å².